The lowest BCUT2D eigenvalue weighted by Crippen LogP contribution is -2.32. The van der Waals surface area contributed by atoms with Crippen molar-refractivity contribution in [3.63, 3.8) is 0 Å². The molecule has 3 aromatic rings. The summed E-state index contributed by atoms with van der Waals surface area (Å²) in [5.41, 5.74) is 2.82. The Bertz CT molecular complexity index is 937. The molecule has 1 amide bonds. The van der Waals surface area contributed by atoms with Gasteiger partial charge in [-0.25, -0.2) is 0 Å². The van der Waals surface area contributed by atoms with Gasteiger partial charge >= 0.3 is 6.01 Å². The van der Waals surface area contributed by atoms with Crippen molar-refractivity contribution in [1.82, 2.24) is 15.5 Å². The lowest BCUT2D eigenvalue weighted by Gasteiger charge is -2.24. The molecule has 1 fully saturated rings. The highest BCUT2D eigenvalue weighted by molar-refractivity contribution is 7.99. The van der Waals surface area contributed by atoms with Crippen LogP contribution in [0.1, 0.15) is 33.4 Å². The van der Waals surface area contributed by atoms with Crippen LogP contribution in [-0.2, 0) is 6.42 Å². The summed E-state index contributed by atoms with van der Waals surface area (Å²) in [5, 5.41) is 11.6. The fourth-order valence-electron chi connectivity index (χ4n) is 3.25. The summed E-state index contributed by atoms with van der Waals surface area (Å²) in [4.78, 5) is 14.9. The molecule has 2 aromatic carbocycles. The van der Waals surface area contributed by atoms with E-state index in [2.05, 4.69) is 20.4 Å². The van der Waals surface area contributed by atoms with Crippen LogP contribution < -0.4 is 10.2 Å². The second-order valence-corrected chi connectivity index (χ2v) is 8.33. The maximum absolute atomic E-state index is 12.8. The highest BCUT2D eigenvalue weighted by Crippen LogP contribution is 2.23. The highest BCUT2D eigenvalue weighted by atomic mass is 32.2. The number of thioether (sulfide) groups is 1. The molecule has 1 aliphatic heterocycles. The number of hydrogen-bond acceptors (Lipinski definition) is 6. The average molecular weight is 409 g/mol. The van der Waals surface area contributed by atoms with E-state index in [1.807, 2.05) is 73.3 Å². The van der Waals surface area contributed by atoms with E-state index in [4.69, 9.17) is 4.42 Å². The first-order valence-corrected chi connectivity index (χ1v) is 10.9. The van der Waals surface area contributed by atoms with Crippen LogP contribution in [0.2, 0.25) is 0 Å². The van der Waals surface area contributed by atoms with Crippen LogP contribution in [0.4, 0.5) is 6.01 Å². The Balaban J connectivity index is 1.55. The first kappa shape index (κ1) is 19.5. The summed E-state index contributed by atoms with van der Waals surface area (Å²) in [6, 6.07) is 17.7. The van der Waals surface area contributed by atoms with Crippen LogP contribution in [0, 0.1) is 6.92 Å². The standard InChI is InChI=1S/C22H24N4O2S/c1-16-7-9-18(10-8-16)20(27)23-19(15-17-5-3-2-4-6-17)21-24-25-22(28-21)26-11-13-29-14-12-26/h2-10,19H,11-15H2,1H3,(H,23,27)/t19-/m0/s1. The monoisotopic (exact) mass is 408 g/mol. The molecule has 0 unspecified atom stereocenters. The number of amides is 1. The number of aryl methyl sites for hydroxylation is 1. The SMILES string of the molecule is Cc1ccc(C(=O)N[C@@H](Cc2ccccc2)c2nnc(N3CCSCC3)o2)cc1. The molecule has 6 nitrogen and oxygen atoms in total. The molecule has 0 spiro atoms. The van der Waals surface area contributed by atoms with E-state index in [-0.39, 0.29) is 5.91 Å². The molecule has 7 heteroatoms. The number of hydrogen-bond donors (Lipinski definition) is 1. The van der Waals surface area contributed by atoms with Crippen LogP contribution in [0.25, 0.3) is 0 Å². The molecular weight excluding hydrogens is 384 g/mol. The van der Waals surface area contributed by atoms with Gasteiger partial charge in [-0.05, 0) is 24.6 Å². The third-order valence-corrected chi connectivity index (χ3v) is 5.85. The molecule has 0 radical (unpaired) electrons. The fourth-order valence-corrected chi connectivity index (χ4v) is 4.15. The molecule has 2 heterocycles. The van der Waals surface area contributed by atoms with E-state index >= 15 is 0 Å². The Morgan fingerprint density at radius 3 is 2.55 bits per heavy atom. The van der Waals surface area contributed by atoms with Crippen molar-refractivity contribution in [3.8, 4) is 0 Å². The molecule has 0 saturated carbocycles. The molecule has 4 rings (SSSR count). The quantitative estimate of drug-likeness (QED) is 0.671. The molecule has 1 aromatic heterocycles. The number of benzene rings is 2. The van der Waals surface area contributed by atoms with Gasteiger partial charge in [0.05, 0.1) is 0 Å². The number of nitrogens with one attached hydrogen (secondary N) is 1. The third kappa shape index (κ3) is 4.98. The van der Waals surface area contributed by atoms with Crippen LogP contribution in [0.5, 0.6) is 0 Å². The second kappa shape index (κ2) is 9.13. The summed E-state index contributed by atoms with van der Waals surface area (Å²) < 4.78 is 5.99. The molecular formula is C22H24N4O2S. The van der Waals surface area contributed by atoms with E-state index in [1.165, 1.54) is 0 Å². The van der Waals surface area contributed by atoms with Gasteiger partial charge in [0.2, 0.25) is 5.89 Å². The number of rotatable bonds is 6. The maximum atomic E-state index is 12.8. The summed E-state index contributed by atoms with van der Waals surface area (Å²) in [5.74, 6) is 2.38. The van der Waals surface area contributed by atoms with Crippen molar-refractivity contribution in [2.75, 3.05) is 29.5 Å². The topological polar surface area (TPSA) is 71.3 Å². The fraction of sp³-hybridized carbons (Fsp3) is 0.318. The molecule has 1 N–H and O–H groups in total. The Labute approximate surface area is 174 Å². The van der Waals surface area contributed by atoms with Gasteiger partial charge in [-0.2, -0.15) is 11.8 Å². The molecule has 1 aliphatic rings. The Kier molecular flexibility index (Phi) is 6.14. The van der Waals surface area contributed by atoms with Gasteiger partial charge in [-0.1, -0.05) is 53.1 Å². The summed E-state index contributed by atoms with van der Waals surface area (Å²) >= 11 is 1.93. The third-order valence-electron chi connectivity index (χ3n) is 4.91. The van der Waals surface area contributed by atoms with E-state index in [9.17, 15) is 4.79 Å². The molecule has 0 aliphatic carbocycles. The van der Waals surface area contributed by atoms with E-state index in [0.717, 1.165) is 35.7 Å². The van der Waals surface area contributed by atoms with Crippen molar-refractivity contribution in [2.24, 2.45) is 0 Å². The van der Waals surface area contributed by atoms with Crippen molar-refractivity contribution in [2.45, 2.75) is 19.4 Å². The van der Waals surface area contributed by atoms with Gasteiger partial charge in [0.1, 0.15) is 6.04 Å². The number of nitrogens with zero attached hydrogens (tertiary/aromatic N) is 3. The largest absolute Gasteiger partial charge is 0.406 e. The highest BCUT2D eigenvalue weighted by Gasteiger charge is 2.24. The molecule has 0 bridgehead atoms. The summed E-state index contributed by atoms with van der Waals surface area (Å²) in [6.45, 7) is 3.79. The van der Waals surface area contributed by atoms with E-state index in [1.54, 1.807) is 0 Å². The van der Waals surface area contributed by atoms with Gasteiger partial charge in [0, 0.05) is 36.6 Å². The first-order chi connectivity index (χ1) is 14.2. The van der Waals surface area contributed by atoms with Crippen molar-refractivity contribution < 1.29 is 9.21 Å². The molecule has 1 saturated heterocycles. The van der Waals surface area contributed by atoms with Gasteiger partial charge in [0.25, 0.3) is 5.91 Å². The number of carbonyl (C=O) groups excluding carboxylic acids is 1. The predicted octanol–water partition coefficient (Wildman–Crippen LogP) is 3.65. The zero-order chi connectivity index (χ0) is 20.1. The smallest absolute Gasteiger partial charge is 0.318 e. The van der Waals surface area contributed by atoms with Crippen LogP contribution >= 0.6 is 11.8 Å². The van der Waals surface area contributed by atoms with E-state index < -0.39 is 6.04 Å². The first-order valence-electron chi connectivity index (χ1n) is 9.76. The minimum atomic E-state index is -0.397. The van der Waals surface area contributed by atoms with Gasteiger partial charge in [-0.15, -0.1) is 5.10 Å². The minimum absolute atomic E-state index is 0.153. The van der Waals surface area contributed by atoms with Gasteiger partial charge in [-0.3, -0.25) is 4.79 Å². The summed E-state index contributed by atoms with van der Waals surface area (Å²) in [6.07, 6.45) is 0.579. The second-order valence-electron chi connectivity index (χ2n) is 7.10. The Morgan fingerprint density at radius 2 is 1.83 bits per heavy atom. The molecule has 29 heavy (non-hydrogen) atoms. The summed E-state index contributed by atoms with van der Waals surface area (Å²) in [7, 11) is 0. The van der Waals surface area contributed by atoms with Crippen molar-refractivity contribution in [3.05, 3.63) is 77.2 Å². The zero-order valence-electron chi connectivity index (χ0n) is 16.4. The lowest BCUT2D eigenvalue weighted by molar-refractivity contribution is 0.0930. The van der Waals surface area contributed by atoms with Gasteiger partial charge < -0.3 is 14.6 Å². The molecule has 150 valence electrons. The van der Waals surface area contributed by atoms with Crippen LogP contribution in [0.3, 0.4) is 0 Å². The number of carbonyl (C=O) groups is 1. The van der Waals surface area contributed by atoms with Crippen molar-refractivity contribution in [1.29, 1.82) is 0 Å². The van der Waals surface area contributed by atoms with E-state index in [0.29, 0.717) is 23.9 Å². The van der Waals surface area contributed by atoms with Crippen molar-refractivity contribution >= 4 is 23.7 Å². The zero-order valence-corrected chi connectivity index (χ0v) is 17.2. The Hall–Kier alpha value is -2.80. The lowest BCUT2D eigenvalue weighted by atomic mass is 10.0. The molecule has 1 atom stereocenters. The normalized spacial score (nSPS) is 15.1. The van der Waals surface area contributed by atoms with Crippen LogP contribution in [-0.4, -0.2) is 40.7 Å². The predicted molar refractivity (Wildman–Crippen MR) is 115 cm³/mol. The minimum Gasteiger partial charge on any atom is -0.406 e. The Morgan fingerprint density at radius 1 is 1.10 bits per heavy atom. The number of aromatic nitrogens is 2. The maximum Gasteiger partial charge on any atom is 0.318 e. The average Bonchev–Trinajstić information content (AvgIpc) is 3.25. The van der Waals surface area contributed by atoms with Crippen LogP contribution in [0.15, 0.2) is 59.0 Å². The van der Waals surface area contributed by atoms with Gasteiger partial charge in [0.15, 0.2) is 0 Å². The number of anilines is 1.